The van der Waals surface area contributed by atoms with Crippen LogP contribution in [0.25, 0.3) is 0 Å². The molecule has 1 atom stereocenters. The molecule has 1 aliphatic carbocycles. The van der Waals surface area contributed by atoms with Gasteiger partial charge in [0.25, 0.3) is 0 Å². The fourth-order valence-electron chi connectivity index (χ4n) is 4.33. The highest BCUT2D eigenvalue weighted by Crippen LogP contribution is 2.41. The third kappa shape index (κ3) is 5.32. The molecule has 176 valence electrons. The van der Waals surface area contributed by atoms with E-state index in [1.54, 1.807) is 9.80 Å². The first-order valence-corrected chi connectivity index (χ1v) is 11.3. The molecule has 0 aromatic carbocycles. The smallest absolute Gasteiger partial charge is 0.320 e. The Morgan fingerprint density at radius 2 is 2.03 bits per heavy atom. The predicted octanol–water partition coefficient (Wildman–Crippen LogP) is 2.69. The highest BCUT2D eigenvalue weighted by Gasteiger charge is 2.36. The van der Waals surface area contributed by atoms with Crippen LogP contribution in [0.3, 0.4) is 0 Å². The molecule has 1 saturated heterocycles. The Balaban J connectivity index is 1.40. The summed E-state index contributed by atoms with van der Waals surface area (Å²) in [4.78, 5) is 40.9. The van der Waals surface area contributed by atoms with Gasteiger partial charge in [0.2, 0.25) is 0 Å². The molecule has 0 radical (unpaired) electrons. The van der Waals surface area contributed by atoms with E-state index in [4.69, 9.17) is 9.72 Å². The monoisotopic (exact) mass is 454 g/mol. The van der Waals surface area contributed by atoms with Crippen molar-refractivity contribution < 1.29 is 19.4 Å². The molecule has 2 amide bonds. The summed E-state index contributed by atoms with van der Waals surface area (Å²) in [6.07, 6.45) is 6.87. The second kappa shape index (κ2) is 10.0. The molecular formula is C23H30N6O4. The average Bonchev–Trinajstić information content (AvgIpc) is 3.61. The molecule has 2 aromatic heterocycles. The zero-order valence-corrected chi connectivity index (χ0v) is 19.0. The highest BCUT2D eigenvalue weighted by molar-refractivity contribution is 5.78. The molecule has 0 bridgehead atoms. The molecule has 2 fully saturated rings. The summed E-state index contributed by atoms with van der Waals surface area (Å²) in [5.74, 6) is 0.493. The lowest BCUT2D eigenvalue weighted by Crippen LogP contribution is -2.36. The van der Waals surface area contributed by atoms with Crippen molar-refractivity contribution >= 4 is 17.8 Å². The van der Waals surface area contributed by atoms with Crippen molar-refractivity contribution in [3.8, 4) is 6.01 Å². The molecule has 10 nitrogen and oxygen atoms in total. The van der Waals surface area contributed by atoms with E-state index in [9.17, 15) is 14.7 Å². The van der Waals surface area contributed by atoms with Crippen LogP contribution in [-0.2, 0) is 11.2 Å². The zero-order valence-electron chi connectivity index (χ0n) is 19.0. The van der Waals surface area contributed by atoms with Gasteiger partial charge in [-0.3, -0.25) is 4.79 Å². The lowest BCUT2D eigenvalue weighted by Gasteiger charge is -2.27. The van der Waals surface area contributed by atoms with Crippen LogP contribution < -0.4 is 10.1 Å². The summed E-state index contributed by atoms with van der Waals surface area (Å²) < 4.78 is 4.98. The minimum Gasteiger partial charge on any atom is -0.481 e. The van der Waals surface area contributed by atoms with Gasteiger partial charge in [0.05, 0.1) is 19.6 Å². The summed E-state index contributed by atoms with van der Waals surface area (Å²) >= 11 is 0. The number of carbonyl (C=O) groups is 2. The molecule has 1 aliphatic heterocycles. The summed E-state index contributed by atoms with van der Waals surface area (Å²) in [6, 6.07) is 3.61. The van der Waals surface area contributed by atoms with Crippen molar-refractivity contribution in [1.82, 2.24) is 24.8 Å². The molecule has 2 aliphatic rings. The Bertz CT molecular complexity index is 995. The van der Waals surface area contributed by atoms with Gasteiger partial charge in [-0.25, -0.2) is 19.7 Å². The normalized spacial score (nSPS) is 16.7. The number of carboxylic acid groups (broad SMARTS) is 1. The number of hydrogen-bond donors (Lipinski definition) is 2. The maximum absolute atomic E-state index is 13.1. The van der Waals surface area contributed by atoms with Gasteiger partial charge >= 0.3 is 18.0 Å². The summed E-state index contributed by atoms with van der Waals surface area (Å²) in [7, 11) is 3.32. The van der Waals surface area contributed by atoms with E-state index in [0.29, 0.717) is 31.1 Å². The minimum absolute atomic E-state index is 0.156. The molecule has 2 N–H and O–H groups in total. The fourth-order valence-corrected chi connectivity index (χ4v) is 4.33. The second-order valence-electron chi connectivity index (χ2n) is 8.44. The number of urea groups is 1. The van der Waals surface area contributed by atoms with Crippen molar-refractivity contribution in [2.75, 3.05) is 39.1 Å². The van der Waals surface area contributed by atoms with Crippen LogP contribution in [-0.4, -0.2) is 75.7 Å². The maximum atomic E-state index is 13.1. The van der Waals surface area contributed by atoms with Gasteiger partial charge in [-0.2, -0.15) is 0 Å². The van der Waals surface area contributed by atoms with Crippen LogP contribution in [0.1, 0.15) is 54.5 Å². The van der Waals surface area contributed by atoms with Crippen molar-refractivity contribution in [1.29, 1.82) is 0 Å². The number of amides is 2. The Morgan fingerprint density at radius 1 is 1.27 bits per heavy atom. The Hall–Kier alpha value is -3.43. The number of methoxy groups -OCH3 is 1. The van der Waals surface area contributed by atoms with Gasteiger partial charge < -0.3 is 25.0 Å². The minimum atomic E-state index is -0.981. The number of anilines is 1. The number of ether oxygens (including phenoxy) is 1. The van der Waals surface area contributed by atoms with Crippen molar-refractivity contribution in [3.63, 3.8) is 0 Å². The molecular weight excluding hydrogens is 424 g/mol. The second-order valence-corrected chi connectivity index (χ2v) is 8.44. The van der Waals surface area contributed by atoms with E-state index in [2.05, 4.69) is 21.4 Å². The van der Waals surface area contributed by atoms with Gasteiger partial charge in [0, 0.05) is 50.3 Å². The molecule has 1 saturated carbocycles. The van der Waals surface area contributed by atoms with Crippen LogP contribution in [0.5, 0.6) is 6.01 Å². The van der Waals surface area contributed by atoms with Crippen molar-refractivity contribution in [2.45, 2.75) is 44.1 Å². The average molecular weight is 455 g/mol. The molecule has 33 heavy (non-hydrogen) atoms. The first-order chi connectivity index (χ1) is 16.0. The number of aromatic nitrogens is 3. The number of carbonyl (C=O) groups excluding carboxylic acids is 1. The van der Waals surface area contributed by atoms with Gasteiger partial charge in [-0.1, -0.05) is 6.07 Å². The number of aliphatic carboxylic acids is 1. The van der Waals surface area contributed by atoms with Crippen LogP contribution in [0.4, 0.5) is 10.6 Å². The first-order valence-electron chi connectivity index (χ1n) is 11.3. The summed E-state index contributed by atoms with van der Waals surface area (Å²) in [6.45, 7) is 1.62. The van der Waals surface area contributed by atoms with Crippen molar-refractivity contribution in [2.24, 2.45) is 0 Å². The van der Waals surface area contributed by atoms with E-state index < -0.39 is 12.0 Å². The molecule has 0 unspecified atom stereocenters. The molecule has 4 rings (SSSR count). The van der Waals surface area contributed by atoms with Crippen LogP contribution in [0.2, 0.25) is 0 Å². The standard InChI is InChI=1S/C23H30N6O4/c1-24-20-8-7-17(15-5-6-15)18(27-20)4-3-9-28-10-11-29(23(28)32)19(12-21(30)31)16-13-25-22(33-2)26-14-16/h7-8,13-15,19H,3-6,9-12H2,1-2H3,(H,24,27)(H,30,31)/t19-/m0/s1. The molecule has 2 aromatic rings. The third-order valence-electron chi connectivity index (χ3n) is 6.21. The Labute approximate surface area is 193 Å². The Kier molecular flexibility index (Phi) is 6.90. The molecule has 0 spiro atoms. The number of pyridine rings is 1. The van der Waals surface area contributed by atoms with E-state index in [1.807, 2.05) is 13.1 Å². The van der Waals surface area contributed by atoms with E-state index >= 15 is 0 Å². The Morgan fingerprint density at radius 3 is 2.67 bits per heavy atom. The SMILES string of the molecule is CNc1ccc(C2CC2)c(CCCN2CCN([C@@H](CC(=O)O)c3cnc(OC)nc3)C2=O)n1. The van der Waals surface area contributed by atoms with Crippen LogP contribution in [0.15, 0.2) is 24.5 Å². The predicted molar refractivity (Wildman–Crippen MR) is 121 cm³/mol. The lowest BCUT2D eigenvalue weighted by atomic mass is 10.0. The molecule has 10 heteroatoms. The summed E-state index contributed by atoms with van der Waals surface area (Å²) in [5, 5.41) is 12.5. The number of rotatable bonds is 11. The molecule has 3 heterocycles. The van der Waals surface area contributed by atoms with Gasteiger partial charge in [0.15, 0.2) is 0 Å². The van der Waals surface area contributed by atoms with Gasteiger partial charge in [-0.05, 0) is 43.2 Å². The quantitative estimate of drug-likeness (QED) is 0.532. The van der Waals surface area contributed by atoms with Gasteiger partial charge in [-0.15, -0.1) is 0 Å². The maximum Gasteiger partial charge on any atom is 0.320 e. The fraction of sp³-hybridized carbons (Fsp3) is 0.522. The first kappa shape index (κ1) is 22.8. The third-order valence-corrected chi connectivity index (χ3v) is 6.21. The van der Waals surface area contributed by atoms with E-state index in [0.717, 1.165) is 24.4 Å². The highest BCUT2D eigenvalue weighted by atomic mass is 16.5. The number of aryl methyl sites for hydroxylation is 1. The number of hydrogen-bond acceptors (Lipinski definition) is 7. The van der Waals surface area contributed by atoms with Crippen LogP contribution in [0, 0.1) is 0 Å². The van der Waals surface area contributed by atoms with Crippen LogP contribution >= 0.6 is 0 Å². The van der Waals surface area contributed by atoms with E-state index in [1.165, 1.54) is 37.9 Å². The zero-order chi connectivity index (χ0) is 23.4. The number of nitrogens with one attached hydrogen (secondary N) is 1. The van der Waals surface area contributed by atoms with Crippen molar-refractivity contribution in [3.05, 3.63) is 41.3 Å². The summed E-state index contributed by atoms with van der Waals surface area (Å²) in [5.41, 5.74) is 3.01. The largest absolute Gasteiger partial charge is 0.481 e. The van der Waals surface area contributed by atoms with Gasteiger partial charge in [0.1, 0.15) is 5.82 Å². The number of nitrogens with zero attached hydrogens (tertiary/aromatic N) is 5. The lowest BCUT2D eigenvalue weighted by molar-refractivity contribution is -0.138. The van der Waals surface area contributed by atoms with E-state index in [-0.39, 0.29) is 18.5 Å². The number of carboxylic acids is 1. The topological polar surface area (TPSA) is 121 Å².